The number of carbonyl (C=O) groups excluding carboxylic acids is 1. The summed E-state index contributed by atoms with van der Waals surface area (Å²) in [7, 11) is 0. The highest BCUT2D eigenvalue weighted by atomic mass is 35.5. The molecule has 21 heavy (non-hydrogen) atoms. The summed E-state index contributed by atoms with van der Waals surface area (Å²) in [4.78, 5) is 23.6. The minimum atomic E-state index is -1.03. The van der Waals surface area contributed by atoms with E-state index < -0.39 is 11.9 Å². The Morgan fingerprint density at radius 1 is 1.00 bits per heavy atom. The molecule has 108 valence electrons. The SMILES string of the molecule is O=C(C[C@@H](C(=O)O)c1ccccc1)c1ccc(Cl)c(Cl)c1. The molecule has 0 heterocycles. The quantitative estimate of drug-likeness (QED) is 0.828. The topological polar surface area (TPSA) is 54.4 Å². The highest BCUT2D eigenvalue weighted by Gasteiger charge is 2.24. The second kappa shape index (κ2) is 6.74. The molecule has 0 aliphatic heterocycles. The summed E-state index contributed by atoms with van der Waals surface area (Å²) < 4.78 is 0. The molecule has 0 fully saturated rings. The lowest BCUT2D eigenvalue weighted by Gasteiger charge is -2.12. The van der Waals surface area contributed by atoms with E-state index in [-0.39, 0.29) is 17.2 Å². The Labute approximate surface area is 132 Å². The van der Waals surface area contributed by atoms with Gasteiger partial charge in [0.15, 0.2) is 5.78 Å². The zero-order chi connectivity index (χ0) is 15.4. The van der Waals surface area contributed by atoms with Crippen molar-refractivity contribution in [3.05, 3.63) is 69.7 Å². The third-order valence-corrected chi connectivity index (χ3v) is 3.87. The third kappa shape index (κ3) is 3.84. The fraction of sp³-hybridized carbons (Fsp3) is 0.125. The van der Waals surface area contributed by atoms with Gasteiger partial charge in [0, 0.05) is 12.0 Å². The molecule has 0 aliphatic carbocycles. The Morgan fingerprint density at radius 2 is 1.67 bits per heavy atom. The number of carboxylic acid groups (broad SMARTS) is 1. The van der Waals surface area contributed by atoms with Crippen LogP contribution in [0.25, 0.3) is 0 Å². The van der Waals surface area contributed by atoms with E-state index in [2.05, 4.69) is 0 Å². The van der Waals surface area contributed by atoms with Gasteiger partial charge >= 0.3 is 5.97 Å². The Hall–Kier alpha value is -1.84. The second-order valence-corrected chi connectivity index (χ2v) is 5.37. The van der Waals surface area contributed by atoms with E-state index in [0.717, 1.165) is 0 Å². The van der Waals surface area contributed by atoms with Gasteiger partial charge in [-0.15, -0.1) is 0 Å². The number of benzene rings is 2. The first-order valence-electron chi connectivity index (χ1n) is 6.25. The Bertz CT molecular complexity index is 668. The Balaban J connectivity index is 2.23. The first-order chi connectivity index (χ1) is 9.99. The van der Waals surface area contributed by atoms with E-state index in [1.54, 1.807) is 36.4 Å². The Morgan fingerprint density at radius 3 is 2.24 bits per heavy atom. The average molecular weight is 323 g/mol. The van der Waals surface area contributed by atoms with Gasteiger partial charge in [-0.05, 0) is 23.8 Å². The highest BCUT2D eigenvalue weighted by Crippen LogP contribution is 2.26. The molecule has 0 bridgehead atoms. The van der Waals surface area contributed by atoms with Gasteiger partial charge in [-0.1, -0.05) is 53.5 Å². The molecule has 0 spiro atoms. The monoisotopic (exact) mass is 322 g/mol. The highest BCUT2D eigenvalue weighted by molar-refractivity contribution is 6.42. The third-order valence-electron chi connectivity index (χ3n) is 3.13. The minimum absolute atomic E-state index is 0.128. The fourth-order valence-electron chi connectivity index (χ4n) is 2.01. The molecular formula is C16H12Cl2O3. The molecule has 0 amide bonds. The molecule has 2 aromatic carbocycles. The number of halogens is 2. The first-order valence-corrected chi connectivity index (χ1v) is 7.00. The van der Waals surface area contributed by atoms with Gasteiger partial charge in [0.25, 0.3) is 0 Å². The van der Waals surface area contributed by atoms with Crippen molar-refractivity contribution >= 4 is 35.0 Å². The lowest BCUT2D eigenvalue weighted by atomic mass is 9.92. The summed E-state index contributed by atoms with van der Waals surface area (Å²) in [6.07, 6.45) is -0.128. The molecule has 1 atom stereocenters. The maximum absolute atomic E-state index is 12.2. The number of ketones is 1. The number of aliphatic carboxylic acids is 1. The van der Waals surface area contributed by atoms with Crippen LogP contribution in [-0.2, 0) is 4.79 Å². The van der Waals surface area contributed by atoms with Crippen molar-refractivity contribution in [1.29, 1.82) is 0 Å². The molecule has 0 unspecified atom stereocenters. The van der Waals surface area contributed by atoms with Crippen molar-refractivity contribution in [2.45, 2.75) is 12.3 Å². The van der Waals surface area contributed by atoms with Crippen LogP contribution in [0.2, 0.25) is 10.0 Å². The molecule has 2 aromatic rings. The molecule has 0 aromatic heterocycles. The number of hydrogen-bond acceptors (Lipinski definition) is 2. The summed E-state index contributed by atoms with van der Waals surface area (Å²) >= 11 is 11.7. The van der Waals surface area contributed by atoms with Crippen molar-refractivity contribution in [3.63, 3.8) is 0 Å². The van der Waals surface area contributed by atoms with Crippen LogP contribution in [0.4, 0.5) is 0 Å². The number of hydrogen-bond donors (Lipinski definition) is 1. The largest absolute Gasteiger partial charge is 0.481 e. The van der Waals surface area contributed by atoms with Gasteiger partial charge in [-0.25, -0.2) is 0 Å². The van der Waals surface area contributed by atoms with Gasteiger partial charge in [0.1, 0.15) is 0 Å². The van der Waals surface area contributed by atoms with E-state index in [9.17, 15) is 14.7 Å². The summed E-state index contributed by atoms with van der Waals surface area (Å²) in [6.45, 7) is 0. The number of carboxylic acids is 1. The zero-order valence-electron chi connectivity index (χ0n) is 10.9. The van der Waals surface area contributed by atoms with E-state index in [4.69, 9.17) is 23.2 Å². The van der Waals surface area contributed by atoms with Crippen molar-refractivity contribution < 1.29 is 14.7 Å². The summed E-state index contributed by atoms with van der Waals surface area (Å²) in [6, 6.07) is 13.2. The normalized spacial score (nSPS) is 11.9. The van der Waals surface area contributed by atoms with Crippen molar-refractivity contribution in [2.24, 2.45) is 0 Å². The van der Waals surface area contributed by atoms with Crippen molar-refractivity contribution in [3.8, 4) is 0 Å². The Kier molecular flexibility index (Phi) is 4.99. The van der Waals surface area contributed by atoms with Crippen molar-refractivity contribution in [2.75, 3.05) is 0 Å². The molecule has 0 radical (unpaired) electrons. The molecule has 3 nitrogen and oxygen atoms in total. The molecule has 0 saturated carbocycles. The van der Waals surface area contributed by atoms with Gasteiger partial charge in [0.05, 0.1) is 16.0 Å². The lowest BCUT2D eigenvalue weighted by Crippen LogP contribution is -2.16. The van der Waals surface area contributed by atoms with Crippen LogP contribution in [0, 0.1) is 0 Å². The van der Waals surface area contributed by atoms with Gasteiger partial charge in [-0.2, -0.15) is 0 Å². The lowest BCUT2D eigenvalue weighted by molar-refractivity contribution is -0.138. The summed E-state index contributed by atoms with van der Waals surface area (Å²) in [5, 5.41) is 9.95. The molecule has 0 saturated heterocycles. The zero-order valence-corrected chi connectivity index (χ0v) is 12.4. The fourth-order valence-corrected chi connectivity index (χ4v) is 2.30. The van der Waals surface area contributed by atoms with Crippen LogP contribution in [0.15, 0.2) is 48.5 Å². The minimum Gasteiger partial charge on any atom is -0.481 e. The summed E-state index contributed by atoms with van der Waals surface area (Å²) in [5.41, 5.74) is 0.949. The van der Waals surface area contributed by atoms with Crippen molar-refractivity contribution in [1.82, 2.24) is 0 Å². The van der Waals surface area contributed by atoms with Crippen LogP contribution in [-0.4, -0.2) is 16.9 Å². The van der Waals surface area contributed by atoms with Crippen LogP contribution in [0.1, 0.15) is 28.3 Å². The van der Waals surface area contributed by atoms with Crippen LogP contribution < -0.4 is 0 Å². The van der Waals surface area contributed by atoms with E-state index >= 15 is 0 Å². The standard InChI is InChI=1S/C16H12Cl2O3/c17-13-7-6-11(8-14(13)18)15(19)9-12(16(20)21)10-4-2-1-3-5-10/h1-8,12H,9H2,(H,20,21)/t12-/m1/s1. The first kappa shape index (κ1) is 15.5. The molecule has 1 N–H and O–H groups in total. The van der Waals surface area contributed by atoms with Crippen LogP contribution in [0.3, 0.4) is 0 Å². The van der Waals surface area contributed by atoms with E-state index in [0.29, 0.717) is 16.1 Å². The number of carbonyl (C=O) groups is 2. The maximum atomic E-state index is 12.2. The maximum Gasteiger partial charge on any atom is 0.311 e. The predicted octanol–water partition coefficient (Wildman–Crippen LogP) is 4.43. The number of rotatable bonds is 5. The van der Waals surface area contributed by atoms with Gasteiger partial charge in [0.2, 0.25) is 0 Å². The molecule has 2 rings (SSSR count). The molecule has 0 aliphatic rings. The van der Waals surface area contributed by atoms with E-state index in [1.807, 2.05) is 0 Å². The number of Topliss-reactive ketones (excluding diaryl/α,β-unsaturated/α-hetero) is 1. The second-order valence-electron chi connectivity index (χ2n) is 4.56. The predicted molar refractivity (Wildman–Crippen MR) is 82.2 cm³/mol. The average Bonchev–Trinajstić information content (AvgIpc) is 2.48. The molecular weight excluding hydrogens is 311 g/mol. The van der Waals surface area contributed by atoms with E-state index in [1.165, 1.54) is 12.1 Å². The van der Waals surface area contributed by atoms with Gasteiger partial charge < -0.3 is 5.11 Å². The van der Waals surface area contributed by atoms with Crippen LogP contribution >= 0.6 is 23.2 Å². The summed E-state index contributed by atoms with van der Waals surface area (Å²) in [5.74, 6) is -2.20. The van der Waals surface area contributed by atoms with Crippen LogP contribution in [0.5, 0.6) is 0 Å². The van der Waals surface area contributed by atoms with Gasteiger partial charge in [-0.3, -0.25) is 9.59 Å². The smallest absolute Gasteiger partial charge is 0.311 e. The molecule has 5 heteroatoms.